The highest BCUT2D eigenvalue weighted by Gasteiger charge is 2.29. The van der Waals surface area contributed by atoms with Crippen LogP contribution < -0.4 is 5.32 Å². The van der Waals surface area contributed by atoms with E-state index in [-0.39, 0.29) is 11.4 Å². The number of anilines is 1. The fraction of sp³-hybridized carbons (Fsp3) is 0.250. The summed E-state index contributed by atoms with van der Waals surface area (Å²) in [6.45, 7) is 1.73. The number of nitrogens with one attached hydrogen (secondary N) is 1. The molecule has 0 fully saturated rings. The highest BCUT2D eigenvalue weighted by Crippen LogP contribution is 2.32. The number of nitrogens with zero attached hydrogens (tertiary/aromatic N) is 1. The summed E-state index contributed by atoms with van der Waals surface area (Å²) in [6.07, 6.45) is 2.85. The van der Waals surface area contributed by atoms with Gasteiger partial charge in [0.1, 0.15) is 10.6 Å². The van der Waals surface area contributed by atoms with Crippen LogP contribution in [0, 0.1) is 17.0 Å². The molecule has 0 unspecified atom stereocenters. The van der Waals surface area contributed by atoms with E-state index in [0.29, 0.717) is 16.0 Å². The van der Waals surface area contributed by atoms with E-state index in [9.17, 15) is 19.7 Å². The Bertz CT molecular complexity index is 1150. The van der Waals surface area contributed by atoms with Gasteiger partial charge < -0.3 is 10.1 Å². The van der Waals surface area contributed by atoms with Crippen molar-refractivity contribution in [2.75, 3.05) is 5.32 Å². The number of hydrogen-bond donors (Lipinski definition) is 1. The van der Waals surface area contributed by atoms with Crippen LogP contribution in [0.4, 0.5) is 11.4 Å². The molecule has 1 heterocycles. The van der Waals surface area contributed by atoms with Crippen molar-refractivity contribution in [3.05, 3.63) is 91.2 Å². The fourth-order valence-electron chi connectivity index (χ4n) is 3.75. The second kappa shape index (κ2) is 9.32. The summed E-state index contributed by atoms with van der Waals surface area (Å²) in [5, 5.41) is 14.0. The Morgan fingerprint density at radius 2 is 1.84 bits per heavy atom. The lowest BCUT2D eigenvalue weighted by Crippen LogP contribution is -2.26. The second-order valence-corrected chi connectivity index (χ2v) is 8.87. The van der Waals surface area contributed by atoms with Crippen molar-refractivity contribution in [2.45, 2.75) is 38.7 Å². The minimum absolute atomic E-state index is 0.0502. The Kier molecular flexibility index (Phi) is 6.32. The normalized spacial score (nSPS) is 13.7. The maximum atomic E-state index is 13.1. The summed E-state index contributed by atoms with van der Waals surface area (Å²) >= 11 is 1.41. The number of carbonyl (C=O) groups is 2. The zero-order chi connectivity index (χ0) is 22.7. The van der Waals surface area contributed by atoms with Gasteiger partial charge in [0.15, 0.2) is 0 Å². The van der Waals surface area contributed by atoms with E-state index in [0.717, 1.165) is 25.7 Å². The summed E-state index contributed by atoms with van der Waals surface area (Å²) in [5.74, 6) is -1.23. The molecule has 3 aromatic rings. The van der Waals surface area contributed by atoms with Gasteiger partial charge in [-0.2, -0.15) is 0 Å². The first-order chi connectivity index (χ1) is 15.4. The molecule has 1 amide bonds. The lowest BCUT2D eigenvalue weighted by Gasteiger charge is -2.18. The summed E-state index contributed by atoms with van der Waals surface area (Å²) in [4.78, 5) is 38.6. The third-order valence-electron chi connectivity index (χ3n) is 5.37. The van der Waals surface area contributed by atoms with Crippen LogP contribution >= 0.6 is 11.3 Å². The average Bonchev–Trinajstić information content (AvgIpc) is 3.23. The Morgan fingerprint density at radius 1 is 1.09 bits per heavy atom. The molecule has 0 aliphatic heterocycles. The predicted molar refractivity (Wildman–Crippen MR) is 122 cm³/mol. The van der Waals surface area contributed by atoms with Gasteiger partial charge in [0.25, 0.3) is 11.6 Å². The first-order valence-electron chi connectivity index (χ1n) is 10.4. The molecule has 0 saturated carbocycles. The zero-order valence-electron chi connectivity index (χ0n) is 17.5. The monoisotopic (exact) mass is 450 g/mol. The number of benzene rings is 2. The number of esters is 1. The summed E-state index contributed by atoms with van der Waals surface area (Å²) in [7, 11) is 0. The van der Waals surface area contributed by atoms with E-state index < -0.39 is 22.9 Å². The molecule has 0 saturated heterocycles. The van der Waals surface area contributed by atoms with Crippen LogP contribution in [-0.4, -0.2) is 16.8 Å². The van der Waals surface area contributed by atoms with Crippen LogP contribution in [0.5, 0.6) is 0 Å². The van der Waals surface area contributed by atoms with E-state index in [4.69, 9.17) is 4.74 Å². The Labute approximate surface area is 189 Å². The van der Waals surface area contributed by atoms with E-state index in [1.54, 1.807) is 43.3 Å². The van der Waals surface area contributed by atoms with Crippen molar-refractivity contribution in [2.24, 2.45) is 0 Å². The van der Waals surface area contributed by atoms with Gasteiger partial charge in [-0.1, -0.05) is 36.4 Å². The SMILES string of the molecule is Cc1ccc(NC(=O)[C@@H](OC(=O)c2cc3c(s2)CCCC3)c2ccccc2)c([N+](=O)[O-])c1. The third-order valence-corrected chi connectivity index (χ3v) is 6.59. The Hall–Kier alpha value is -3.52. The quantitative estimate of drug-likeness (QED) is 0.309. The molecule has 4 rings (SSSR count). The topological polar surface area (TPSA) is 98.5 Å². The van der Waals surface area contributed by atoms with E-state index in [1.165, 1.54) is 33.9 Å². The minimum atomic E-state index is -1.25. The van der Waals surface area contributed by atoms with Crippen molar-refractivity contribution in [1.29, 1.82) is 0 Å². The Balaban J connectivity index is 1.60. The molecule has 1 aromatic heterocycles. The smallest absolute Gasteiger partial charge is 0.349 e. The molecule has 1 aliphatic rings. The van der Waals surface area contributed by atoms with E-state index in [2.05, 4.69) is 5.32 Å². The molecule has 7 nitrogen and oxygen atoms in total. The second-order valence-electron chi connectivity index (χ2n) is 7.73. The van der Waals surface area contributed by atoms with Crippen molar-refractivity contribution in [3.8, 4) is 0 Å². The molecule has 1 aliphatic carbocycles. The number of nitro groups is 1. The number of hydrogen-bond acceptors (Lipinski definition) is 6. The number of thiophene rings is 1. The molecule has 0 spiro atoms. The van der Waals surface area contributed by atoms with Crippen LogP contribution in [0.1, 0.15) is 50.2 Å². The number of amides is 1. The van der Waals surface area contributed by atoms with Crippen molar-refractivity contribution < 1.29 is 19.2 Å². The van der Waals surface area contributed by atoms with Crippen LogP contribution in [0.15, 0.2) is 54.6 Å². The highest BCUT2D eigenvalue weighted by atomic mass is 32.1. The number of fused-ring (bicyclic) bond motifs is 1. The maximum Gasteiger partial charge on any atom is 0.349 e. The predicted octanol–water partition coefficient (Wildman–Crippen LogP) is 5.38. The molecule has 32 heavy (non-hydrogen) atoms. The summed E-state index contributed by atoms with van der Waals surface area (Å²) < 4.78 is 5.65. The van der Waals surface area contributed by atoms with Gasteiger partial charge in [-0.15, -0.1) is 11.3 Å². The van der Waals surface area contributed by atoms with Gasteiger partial charge in [0.05, 0.1) is 4.92 Å². The van der Waals surface area contributed by atoms with Gasteiger partial charge >= 0.3 is 5.97 Å². The van der Waals surface area contributed by atoms with Crippen LogP contribution in [-0.2, 0) is 22.4 Å². The van der Waals surface area contributed by atoms with Crippen molar-refractivity contribution in [3.63, 3.8) is 0 Å². The number of aryl methyl sites for hydroxylation is 3. The van der Waals surface area contributed by atoms with Gasteiger partial charge in [-0.25, -0.2) is 4.79 Å². The lowest BCUT2D eigenvalue weighted by molar-refractivity contribution is -0.384. The molecule has 8 heteroatoms. The number of rotatable bonds is 6. The summed E-state index contributed by atoms with van der Waals surface area (Å²) in [5.41, 5.74) is 2.18. The average molecular weight is 451 g/mol. The Morgan fingerprint density at radius 3 is 2.56 bits per heavy atom. The molecule has 0 bridgehead atoms. The summed E-state index contributed by atoms with van der Waals surface area (Å²) in [6, 6.07) is 15.0. The van der Waals surface area contributed by atoms with Gasteiger partial charge in [-0.3, -0.25) is 14.9 Å². The van der Waals surface area contributed by atoms with Crippen molar-refractivity contribution >= 4 is 34.6 Å². The molecule has 1 atom stereocenters. The third kappa shape index (κ3) is 4.70. The van der Waals surface area contributed by atoms with E-state index in [1.807, 2.05) is 6.07 Å². The molecule has 2 aromatic carbocycles. The lowest BCUT2D eigenvalue weighted by atomic mass is 9.99. The molecule has 0 radical (unpaired) electrons. The maximum absolute atomic E-state index is 13.1. The molecule has 164 valence electrons. The number of ether oxygens (including phenoxy) is 1. The standard InChI is InChI=1S/C24H22N2O5S/c1-15-11-12-18(19(13-15)26(29)30)25-23(27)22(16-7-3-2-4-8-16)31-24(28)21-14-17-9-5-6-10-20(17)32-21/h2-4,7-8,11-14,22H,5-6,9-10H2,1H3,(H,25,27)/t22-/m0/s1. The first kappa shape index (κ1) is 21.7. The molecule has 1 N–H and O–H groups in total. The molecular weight excluding hydrogens is 428 g/mol. The van der Waals surface area contributed by atoms with Crippen LogP contribution in [0.2, 0.25) is 0 Å². The van der Waals surface area contributed by atoms with Gasteiger partial charge in [0.2, 0.25) is 6.10 Å². The van der Waals surface area contributed by atoms with Crippen LogP contribution in [0.25, 0.3) is 0 Å². The zero-order valence-corrected chi connectivity index (χ0v) is 18.3. The van der Waals surface area contributed by atoms with Gasteiger partial charge in [-0.05, 0) is 55.9 Å². The largest absolute Gasteiger partial charge is 0.443 e. The number of nitro benzene ring substituents is 1. The van der Waals surface area contributed by atoms with Gasteiger partial charge in [0, 0.05) is 16.5 Å². The van der Waals surface area contributed by atoms with Crippen LogP contribution in [0.3, 0.4) is 0 Å². The molecular formula is C24H22N2O5S. The number of carbonyl (C=O) groups excluding carboxylic acids is 2. The minimum Gasteiger partial charge on any atom is -0.443 e. The highest BCUT2D eigenvalue weighted by molar-refractivity contribution is 7.14. The fourth-order valence-corrected chi connectivity index (χ4v) is 4.89. The van der Waals surface area contributed by atoms with E-state index >= 15 is 0 Å². The van der Waals surface area contributed by atoms with Crippen molar-refractivity contribution in [1.82, 2.24) is 0 Å². The first-order valence-corrected chi connectivity index (χ1v) is 11.2.